The van der Waals surface area contributed by atoms with E-state index in [1.165, 1.54) is 5.56 Å². The van der Waals surface area contributed by atoms with Crippen molar-refractivity contribution in [2.45, 2.75) is 51.7 Å². The van der Waals surface area contributed by atoms with Gasteiger partial charge in [-0.05, 0) is 44.4 Å². The summed E-state index contributed by atoms with van der Waals surface area (Å²) in [6, 6.07) is 28.4. The highest BCUT2D eigenvalue weighted by Crippen LogP contribution is 2.37. The summed E-state index contributed by atoms with van der Waals surface area (Å²) in [6.07, 6.45) is 2.15. The van der Waals surface area contributed by atoms with Crippen LogP contribution >= 0.6 is 0 Å². The lowest BCUT2D eigenvalue weighted by Gasteiger charge is -2.27. The van der Waals surface area contributed by atoms with Crippen molar-refractivity contribution in [3.63, 3.8) is 0 Å². The minimum Gasteiger partial charge on any atom is -0.460 e. The van der Waals surface area contributed by atoms with Crippen LogP contribution in [0.1, 0.15) is 61.4 Å². The van der Waals surface area contributed by atoms with E-state index < -0.39 is 5.60 Å². The summed E-state index contributed by atoms with van der Waals surface area (Å²) in [4.78, 5) is 17.8. The van der Waals surface area contributed by atoms with Crippen molar-refractivity contribution in [3.05, 3.63) is 107 Å². The van der Waals surface area contributed by atoms with Gasteiger partial charge in [0.15, 0.2) is 0 Å². The van der Waals surface area contributed by atoms with Gasteiger partial charge in [0.05, 0.1) is 12.5 Å². The monoisotopic (exact) mass is 413 g/mol. The Morgan fingerprint density at radius 2 is 1.45 bits per heavy atom. The predicted molar refractivity (Wildman–Crippen MR) is 128 cm³/mol. The number of hydrogen-bond acceptors (Lipinski definition) is 3. The average Bonchev–Trinajstić information content (AvgIpc) is 2.74. The first-order valence-corrected chi connectivity index (χ1v) is 10.7. The standard InChI is InChI=1S/C28H31NO2/c1-21-15-17-24(18-16-21)27(29-20-22-11-7-5-8-12-22)25(23-13-9-6-10-14-23)19-26(30)31-28(2,3)4/h5-18,20,25,27H,19H2,1-4H3/t25-,27-/m1/s1. The third-order valence-electron chi connectivity index (χ3n) is 5.02. The Morgan fingerprint density at radius 1 is 0.871 bits per heavy atom. The lowest BCUT2D eigenvalue weighted by atomic mass is 9.84. The molecule has 160 valence electrons. The fraction of sp³-hybridized carbons (Fsp3) is 0.286. The van der Waals surface area contributed by atoms with Gasteiger partial charge in [0, 0.05) is 12.1 Å². The van der Waals surface area contributed by atoms with Crippen molar-refractivity contribution in [1.82, 2.24) is 0 Å². The maximum absolute atomic E-state index is 12.8. The number of carbonyl (C=O) groups excluding carboxylic acids is 1. The molecular weight excluding hydrogens is 382 g/mol. The van der Waals surface area contributed by atoms with Gasteiger partial charge in [0.1, 0.15) is 5.60 Å². The van der Waals surface area contributed by atoms with Crippen LogP contribution < -0.4 is 0 Å². The molecule has 0 bridgehead atoms. The minimum absolute atomic E-state index is 0.140. The molecule has 3 rings (SSSR count). The highest BCUT2D eigenvalue weighted by atomic mass is 16.6. The lowest BCUT2D eigenvalue weighted by Crippen LogP contribution is -2.26. The molecule has 0 aliphatic heterocycles. The van der Waals surface area contributed by atoms with Crippen molar-refractivity contribution in [2.75, 3.05) is 0 Å². The molecule has 0 aliphatic rings. The molecule has 0 amide bonds. The van der Waals surface area contributed by atoms with E-state index in [0.717, 1.165) is 16.7 Å². The summed E-state index contributed by atoms with van der Waals surface area (Å²) in [6.45, 7) is 7.76. The van der Waals surface area contributed by atoms with Gasteiger partial charge in [0.2, 0.25) is 0 Å². The zero-order valence-corrected chi connectivity index (χ0v) is 18.8. The second-order valence-electron chi connectivity index (χ2n) is 8.85. The van der Waals surface area contributed by atoms with Crippen LogP contribution in [0.2, 0.25) is 0 Å². The van der Waals surface area contributed by atoms with E-state index >= 15 is 0 Å². The topological polar surface area (TPSA) is 38.7 Å². The van der Waals surface area contributed by atoms with E-state index in [2.05, 4.69) is 43.3 Å². The molecule has 3 heteroatoms. The van der Waals surface area contributed by atoms with E-state index in [4.69, 9.17) is 9.73 Å². The van der Waals surface area contributed by atoms with Gasteiger partial charge in [0.25, 0.3) is 0 Å². The van der Waals surface area contributed by atoms with Crippen LogP contribution in [0, 0.1) is 6.92 Å². The van der Waals surface area contributed by atoms with E-state index in [1.54, 1.807) is 0 Å². The number of benzene rings is 3. The number of nitrogens with zero attached hydrogens (tertiary/aromatic N) is 1. The van der Waals surface area contributed by atoms with Crippen LogP contribution in [-0.2, 0) is 9.53 Å². The molecule has 0 radical (unpaired) electrons. The third-order valence-corrected chi connectivity index (χ3v) is 5.02. The summed E-state index contributed by atoms with van der Waals surface area (Å²) in [5, 5.41) is 0. The molecule has 0 aromatic heterocycles. The number of hydrogen-bond donors (Lipinski definition) is 0. The summed E-state index contributed by atoms with van der Waals surface area (Å²) in [7, 11) is 0. The van der Waals surface area contributed by atoms with Crippen molar-refractivity contribution < 1.29 is 9.53 Å². The van der Waals surface area contributed by atoms with Gasteiger partial charge in [-0.2, -0.15) is 0 Å². The molecule has 0 N–H and O–H groups in total. The summed E-state index contributed by atoms with van der Waals surface area (Å²) in [5.74, 6) is -0.355. The number of rotatable bonds is 7. The van der Waals surface area contributed by atoms with Crippen LogP contribution in [0.15, 0.2) is 89.9 Å². The van der Waals surface area contributed by atoms with Gasteiger partial charge in [-0.15, -0.1) is 0 Å². The summed E-state index contributed by atoms with van der Waals surface area (Å²) >= 11 is 0. The minimum atomic E-state index is -0.523. The second-order valence-corrected chi connectivity index (χ2v) is 8.85. The number of ether oxygens (including phenoxy) is 1. The largest absolute Gasteiger partial charge is 0.460 e. The van der Waals surface area contributed by atoms with Crippen LogP contribution in [0.3, 0.4) is 0 Å². The molecule has 3 nitrogen and oxygen atoms in total. The zero-order chi connectivity index (χ0) is 22.3. The number of aryl methyl sites for hydroxylation is 1. The van der Waals surface area contributed by atoms with E-state index in [1.807, 2.05) is 75.5 Å². The highest BCUT2D eigenvalue weighted by Gasteiger charge is 2.29. The molecule has 2 atom stereocenters. The van der Waals surface area contributed by atoms with Crippen molar-refractivity contribution in [2.24, 2.45) is 4.99 Å². The second kappa shape index (κ2) is 10.2. The normalized spacial score (nSPS) is 13.7. The molecule has 0 saturated heterocycles. The quantitative estimate of drug-likeness (QED) is 0.320. The summed E-state index contributed by atoms with van der Waals surface area (Å²) < 4.78 is 5.67. The smallest absolute Gasteiger partial charge is 0.307 e. The van der Waals surface area contributed by atoms with Gasteiger partial charge >= 0.3 is 5.97 Å². The Morgan fingerprint density at radius 3 is 2.03 bits per heavy atom. The van der Waals surface area contributed by atoms with Crippen molar-refractivity contribution in [3.8, 4) is 0 Å². The average molecular weight is 414 g/mol. The third kappa shape index (κ3) is 6.92. The maximum Gasteiger partial charge on any atom is 0.307 e. The predicted octanol–water partition coefficient (Wildman–Crippen LogP) is 6.67. The van der Waals surface area contributed by atoms with Gasteiger partial charge in [-0.1, -0.05) is 90.5 Å². The fourth-order valence-corrected chi connectivity index (χ4v) is 3.57. The van der Waals surface area contributed by atoms with Gasteiger partial charge in [-0.3, -0.25) is 9.79 Å². The molecular formula is C28H31NO2. The SMILES string of the molecule is Cc1ccc([C@@H](N=Cc2ccccc2)[C@H](CC(=O)OC(C)(C)C)c2ccccc2)cc1. The summed E-state index contributed by atoms with van der Waals surface area (Å²) in [5.41, 5.74) is 3.85. The van der Waals surface area contributed by atoms with E-state index in [9.17, 15) is 4.79 Å². The van der Waals surface area contributed by atoms with Gasteiger partial charge in [-0.25, -0.2) is 0 Å². The van der Waals surface area contributed by atoms with Crippen LogP contribution in [0.25, 0.3) is 0 Å². The molecule has 0 aliphatic carbocycles. The Bertz CT molecular complexity index is 987. The molecule has 0 unspecified atom stereocenters. The Hall–Kier alpha value is -3.20. The number of carbonyl (C=O) groups is 1. The Kier molecular flexibility index (Phi) is 7.41. The lowest BCUT2D eigenvalue weighted by molar-refractivity contribution is -0.155. The number of esters is 1. The van der Waals surface area contributed by atoms with Crippen LogP contribution in [0.5, 0.6) is 0 Å². The van der Waals surface area contributed by atoms with Gasteiger partial charge < -0.3 is 4.74 Å². The Labute approximate surface area is 185 Å². The van der Waals surface area contributed by atoms with E-state index in [0.29, 0.717) is 0 Å². The zero-order valence-electron chi connectivity index (χ0n) is 18.8. The van der Waals surface area contributed by atoms with Crippen LogP contribution in [-0.4, -0.2) is 17.8 Å². The van der Waals surface area contributed by atoms with Crippen LogP contribution in [0.4, 0.5) is 0 Å². The van der Waals surface area contributed by atoms with Crippen molar-refractivity contribution in [1.29, 1.82) is 0 Å². The molecule has 0 fully saturated rings. The number of aliphatic imine (C=N–C) groups is 1. The molecule has 3 aromatic rings. The first-order chi connectivity index (χ1) is 14.8. The molecule has 0 heterocycles. The molecule has 3 aromatic carbocycles. The van der Waals surface area contributed by atoms with E-state index in [-0.39, 0.29) is 24.3 Å². The first kappa shape index (κ1) is 22.5. The maximum atomic E-state index is 12.8. The molecule has 31 heavy (non-hydrogen) atoms. The fourth-order valence-electron chi connectivity index (χ4n) is 3.57. The van der Waals surface area contributed by atoms with Crippen molar-refractivity contribution >= 4 is 12.2 Å². The Balaban J connectivity index is 2.02. The highest BCUT2D eigenvalue weighted by molar-refractivity contribution is 5.80. The first-order valence-electron chi connectivity index (χ1n) is 10.7. The molecule has 0 saturated carbocycles. The molecule has 0 spiro atoms.